The number of nitrogens with zero attached hydrogens (tertiary/aromatic N) is 3. The highest BCUT2D eigenvalue weighted by Crippen LogP contribution is 2.22. The maximum absolute atomic E-state index is 12.7. The maximum Gasteiger partial charge on any atom is 0.330 e. The van der Waals surface area contributed by atoms with Crippen LogP contribution < -0.4 is 0 Å². The summed E-state index contributed by atoms with van der Waals surface area (Å²) in [6, 6.07) is 1.76. The van der Waals surface area contributed by atoms with Gasteiger partial charge >= 0.3 is 12.3 Å². The third kappa shape index (κ3) is 5.45. The lowest BCUT2D eigenvalue weighted by Crippen LogP contribution is -2.41. The molecule has 1 fully saturated rings. The van der Waals surface area contributed by atoms with Gasteiger partial charge in [-0.15, -0.1) is 0 Å². The first-order valence-corrected chi connectivity index (χ1v) is 7.49. The van der Waals surface area contributed by atoms with E-state index in [0.29, 0.717) is 26.1 Å². The summed E-state index contributed by atoms with van der Waals surface area (Å²) in [5.74, 6) is -4.79. The van der Waals surface area contributed by atoms with Gasteiger partial charge in [-0.05, 0) is 12.5 Å². The Morgan fingerprint density at radius 3 is 2.92 bits per heavy atom. The summed E-state index contributed by atoms with van der Waals surface area (Å²) < 4.78 is 61.3. The van der Waals surface area contributed by atoms with Crippen LogP contribution in [0.3, 0.4) is 0 Å². The van der Waals surface area contributed by atoms with Gasteiger partial charge in [0.15, 0.2) is 0 Å². The fourth-order valence-electron chi connectivity index (χ4n) is 2.28. The molecular weight excluding hydrogens is 334 g/mol. The molecule has 1 unspecified atom stereocenters. The highest BCUT2D eigenvalue weighted by Gasteiger charge is 2.41. The minimum atomic E-state index is -4.26. The molecule has 24 heavy (non-hydrogen) atoms. The van der Waals surface area contributed by atoms with Crippen LogP contribution in [0.5, 0.6) is 0 Å². The summed E-state index contributed by atoms with van der Waals surface area (Å²) in [6.45, 7) is -0.605. The molecule has 0 radical (unpaired) electrons. The second-order valence-corrected chi connectivity index (χ2v) is 5.47. The van der Waals surface area contributed by atoms with Crippen LogP contribution >= 0.6 is 0 Å². The number of hydrogen-bond donors (Lipinski definition) is 0. The first kappa shape index (κ1) is 18.7. The monoisotopic (exact) mass is 353 g/mol. The Kier molecular flexibility index (Phi) is 6.55. The fourth-order valence-corrected chi connectivity index (χ4v) is 2.28. The Labute approximate surface area is 136 Å². The predicted octanol–water partition coefficient (Wildman–Crippen LogP) is 1.42. The summed E-state index contributed by atoms with van der Waals surface area (Å²) in [5.41, 5.74) is 0. The van der Waals surface area contributed by atoms with E-state index in [0.717, 1.165) is 0 Å². The zero-order chi connectivity index (χ0) is 17.6. The lowest BCUT2D eigenvalue weighted by Gasteiger charge is -2.24. The second-order valence-electron chi connectivity index (χ2n) is 5.47. The van der Waals surface area contributed by atoms with Gasteiger partial charge in [0.05, 0.1) is 12.6 Å². The lowest BCUT2D eigenvalue weighted by molar-refractivity contribution is -0.171. The van der Waals surface area contributed by atoms with Gasteiger partial charge in [0.2, 0.25) is 5.91 Å². The van der Waals surface area contributed by atoms with Crippen LogP contribution in [0.1, 0.15) is 6.42 Å². The van der Waals surface area contributed by atoms with Crippen molar-refractivity contribution in [2.24, 2.45) is 0 Å². The molecule has 1 aliphatic heterocycles. The van der Waals surface area contributed by atoms with Crippen molar-refractivity contribution in [1.29, 1.82) is 0 Å². The Morgan fingerprint density at radius 2 is 2.25 bits per heavy atom. The largest absolute Gasteiger partial charge is 0.374 e. The molecule has 0 N–H and O–H groups in total. The van der Waals surface area contributed by atoms with Gasteiger partial charge in [0.1, 0.15) is 13.2 Å². The third-order valence-electron chi connectivity index (χ3n) is 3.49. The number of halogens is 4. The van der Waals surface area contributed by atoms with Crippen molar-refractivity contribution in [2.75, 3.05) is 32.9 Å². The number of carbonyl (C=O) groups is 1. The molecular formula is C14H19F4N3O3. The van der Waals surface area contributed by atoms with E-state index in [1.807, 2.05) is 0 Å². The van der Waals surface area contributed by atoms with Crippen molar-refractivity contribution in [2.45, 2.75) is 31.4 Å². The van der Waals surface area contributed by atoms with Crippen molar-refractivity contribution in [1.82, 2.24) is 14.7 Å². The first-order valence-electron chi connectivity index (χ1n) is 7.49. The molecule has 6 nitrogen and oxygen atoms in total. The molecule has 0 saturated carbocycles. The van der Waals surface area contributed by atoms with E-state index >= 15 is 0 Å². The number of amides is 1. The molecule has 1 amide bonds. The molecule has 2 heterocycles. The molecule has 1 aromatic heterocycles. The fraction of sp³-hybridized carbons (Fsp3) is 0.714. The average Bonchev–Trinajstić information content (AvgIpc) is 2.91. The average molecular weight is 353 g/mol. The van der Waals surface area contributed by atoms with Crippen LogP contribution in [0.25, 0.3) is 0 Å². The van der Waals surface area contributed by atoms with Gasteiger partial charge in [-0.3, -0.25) is 9.48 Å². The van der Waals surface area contributed by atoms with Crippen molar-refractivity contribution in [3.63, 3.8) is 0 Å². The van der Waals surface area contributed by atoms with Crippen LogP contribution in [0.15, 0.2) is 18.5 Å². The summed E-state index contributed by atoms with van der Waals surface area (Å²) in [5, 5.41) is 4.06. The molecule has 10 heteroatoms. The van der Waals surface area contributed by atoms with Gasteiger partial charge in [0.25, 0.3) is 0 Å². The van der Waals surface area contributed by atoms with Crippen LogP contribution in [0, 0.1) is 0 Å². The van der Waals surface area contributed by atoms with E-state index in [-0.39, 0.29) is 12.6 Å². The molecule has 0 aromatic carbocycles. The Hall–Kier alpha value is -1.68. The highest BCUT2D eigenvalue weighted by molar-refractivity contribution is 5.77. The zero-order valence-corrected chi connectivity index (χ0v) is 12.9. The van der Waals surface area contributed by atoms with Gasteiger partial charge in [0, 0.05) is 32.1 Å². The molecule has 1 aromatic rings. The molecule has 0 bridgehead atoms. The number of aromatic nitrogens is 2. The van der Waals surface area contributed by atoms with Crippen LogP contribution in [-0.4, -0.2) is 71.9 Å². The Balaban J connectivity index is 1.81. The van der Waals surface area contributed by atoms with Crippen molar-refractivity contribution < 1.29 is 31.8 Å². The van der Waals surface area contributed by atoms with Crippen molar-refractivity contribution in [3.8, 4) is 0 Å². The van der Waals surface area contributed by atoms with Gasteiger partial charge in [-0.25, -0.2) is 8.78 Å². The maximum atomic E-state index is 12.7. The standard InChI is InChI=1S/C14H19F4N3O3/c15-13(16)14(17,18)10-23-9-12(22)20-4-2-6-24-11(7-20)8-21-5-1-3-19-21/h1,3,5,11,13H,2,4,6-10H2. The SMILES string of the molecule is O=C(COCC(F)(F)C(F)F)N1CCCOC(Cn2cccn2)C1. The van der Waals surface area contributed by atoms with Gasteiger partial charge < -0.3 is 14.4 Å². The highest BCUT2D eigenvalue weighted by atomic mass is 19.3. The lowest BCUT2D eigenvalue weighted by atomic mass is 10.3. The quantitative estimate of drug-likeness (QED) is 0.696. The number of rotatable bonds is 7. The summed E-state index contributed by atoms with van der Waals surface area (Å²) in [6.07, 6.45) is -0.141. The van der Waals surface area contributed by atoms with E-state index < -0.39 is 31.5 Å². The molecule has 0 aliphatic carbocycles. The molecule has 1 aliphatic rings. The Bertz CT molecular complexity index is 513. The normalized spacial score (nSPS) is 19.5. The first-order chi connectivity index (χ1) is 11.4. The van der Waals surface area contributed by atoms with Gasteiger partial charge in [-0.1, -0.05) is 0 Å². The van der Waals surface area contributed by atoms with Crippen molar-refractivity contribution in [3.05, 3.63) is 18.5 Å². The molecule has 1 saturated heterocycles. The van der Waals surface area contributed by atoms with Crippen LogP contribution in [0.4, 0.5) is 17.6 Å². The van der Waals surface area contributed by atoms with E-state index in [9.17, 15) is 22.4 Å². The van der Waals surface area contributed by atoms with Crippen LogP contribution in [0.2, 0.25) is 0 Å². The molecule has 1 atom stereocenters. The predicted molar refractivity (Wildman–Crippen MR) is 74.9 cm³/mol. The molecule has 2 rings (SSSR count). The smallest absolute Gasteiger partial charge is 0.330 e. The molecule has 136 valence electrons. The number of carbonyl (C=O) groups excluding carboxylic acids is 1. The van der Waals surface area contributed by atoms with E-state index in [2.05, 4.69) is 9.84 Å². The zero-order valence-electron chi connectivity index (χ0n) is 12.9. The summed E-state index contributed by atoms with van der Waals surface area (Å²) in [7, 11) is 0. The number of ether oxygens (including phenoxy) is 2. The van der Waals surface area contributed by atoms with E-state index in [4.69, 9.17) is 4.74 Å². The topological polar surface area (TPSA) is 56.6 Å². The number of alkyl halides is 4. The minimum absolute atomic E-state index is 0.257. The summed E-state index contributed by atoms with van der Waals surface area (Å²) >= 11 is 0. The minimum Gasteiger partial charge on any atom is -0.374 e. The molecule has 0 spiro atoms. The Morgan fingerprint density at radius 1 is 1.46 bits per heavy atom. The third-order valence-corrected chi connectivity index (χ3v) is 3.49. The van der Waals surface area contributed by atoms with Gasteiger partial charge in [-0.2, -0.15) is 13.9 Å². The van der Waals surface area contributed by atoms with E-state index in [1.54, 1.807) is 23.1 Å². The van der Waals surface area contributed by atoms with Crippen molar-refractivity contribution >= 4 is 5.91 Å². The second kappa shape index (κ2) is 8.43. The van der Waals surface area contributed by atoms with Crippen LogP contribution in [-0.2, 0) is 20.8 Å². The number of hydrogen-bond acceptors (Lipinski definition) is 4. The van der Waals surface area contributed by atoms with E-state index in [1.165, 1.54) is 4.90 Å². The summed E-state index contributed by atoms with van der Waals surface area (Å²) in [4.78, 5) is 13.5.